The lowest BCUT2D eigenvalue weighted by Gasteiger charge is -2.12. The number of amides is 1. The topological polar surface area (TPSA) is 49.3 Å². The zero-order chi connectivity index (χ0) is 11.8. The SMILES string of the molecule is CCCC(O)CNC(=O)CCC1CCCC1. The third-order valence-corrected chi connectivity index (χ3v) is 3.41. The van der Waals surface area contributed by atoms with Gasteiger partial charge in [-0.1, -0.05) is 39.0 Å². The minimum atomic E-state index is -0.375. The van der Waals surface area contributed by atoms with Gasteiger partial charge in [-0.25, -0.2) is 0 Å². The van der Waals surface area contributed by atoms with Crippen molar-refractivity contribution in [3.8, 4) is 0 Å². The highest BCUT2D eigenvalue weighted by atomic mass is 16.3. The van der Waals surface area contributed by atoms with Gasteiger partial charge in [0.05, 0.1) is 6.10 Å². The molecular weight excluding hydrogens is 202 g/mol. The first kappa shape index (κ1) is 13.5. The second kappa shape index (κ2) is 7.66. The van der Waals surface area contributed by atoms with Gasteiger partial charge in [0.2, 0.25) is 5.91 Å². The van der Waals surface area contributed by atoms with E-state index in [1.807, 2.05) is 6.92 Å². The van der Waals surface area contributed by atoms with Crippen molar-refractivity contribution in [3.05, 3.63) is 0 Å². The molecule has 0 saturated heterocycles. The fraction of sp³-hybridized carbons (Fsp3) is 0.923. The molecule has 1 unspecified atom stereocenters. The van der Waals surface area contributed by atoms with Crippen LogP contribution in [0.5, 0.6) is 0 Å². The average molecular weight is 227 g/mol. The first-order valence-corrected chi connectivity index (χ1v) is 6.67. The number of carbonyl (C=O) groups is 1. The number of nitrogens with one attached hydrogen (secondary N) is 1. The second-order valence-electron chi connectivity index (χ2n) is 4.94. The molecule has 0 aromatic carbocycles. The van der Waals surface area contributed by atoms with E-state index in [0.29, 0.717) is 13.0 Å². The Morgan fingerprint density at radius 1 is 1.44 bits per heavy atom. The standard InChI is InChI=1S/C13H25NO2/c1-2-5-12(15)10-14-13(16)9-8-11-6-3-4-7-11/h11-12,15H,2-10H2,1H3,(H,14,16). The summed E-state index contributed by atoms with van der Waals surface area (Å²) in [5, 5.41) is 12.3. The van der Waals surface area contributed by atoms with Crippen molar-refractivity contribution in [3.63, 3.8) is 0 Å². The van der Waals surface area contributed by atoms with Crippen LogP contribution in [0.3, 0.4) is 0 Å². The van der Waals surface area contributed by atoms with E-state index in [9.17, 15) is 9.90 Å². The summed E-state index contributed by atoms with van der Waals surface area (Å²) in [5.74, 6) is 0.869. The summed E-state index contributed by atoms with van der Waals surface area (Å²) in [6.45, 7) is 2.45. The Hall–Kier alpha value is -0.570. The lowest BCUT2D eigenvalue weighted by atomic mass is 10.0. The van der Waals surface area contributed by atoms with Gasteiger partial charge in [-0.15, -0.1) is 0 Å². The van der Waals surface area contributed by atoms with Crippen molar-refractivity contribution in [2.75, 3.05) is 6.54 Å². The van der Waals surface area contributed by atoms with Crippen LogP contribution in [0.2, 0.25) is 0 Å². The van der Waals surface area contributed by atoms with Gasteiger partial charge in [-0.3, -0.25) is 4.79 Å². The van der Waals surface area contributed by atoms with Crippen molar-refractivity contribution in [2.24, 2.45) is 5.92 Å². The molecule has 94 valence electrons. The molecule has 0 aromatic rings. The molecule has 1 saturated carbocycles. The predicted molar refractivity (Wildman–Crippen MR) is 65.1 cm³/mol. The first-order valence-electron chi connectivity index (χ1n) is 6.67. The molecule has 3 nitrogen and oxygen atoms in total. The molecule has 0 aromatic heterocycles. The Labute approximate surface area is 98.6 Å². The number of aliphatic hydroxyl groups is 1. The van der Waals surface area contributed by atoms with E-state index < -0.39 is 0 Å². The van der Waals surface area contributed by atoms with Gasteiger partial charge in [-0.05, 0) is 18.8 Å². The highest BCUT2D eigenvalue weighted by Crippen LogP contribution is 2.28. The van der Waals surface area contributed by atoms with Gasteiger partial charge in [0.25, 0.3) is 0 Å². The van der Waals surface area contributed by atoms with E-state index in [1.165, 1.54) is 25.7 Å². The summed E-state index contributed by atoms with van der Waals surface area (Å²) in [6, 6.07) is 0. The van der Waals surface area contributed by atoms with Crippen molar-refractivity contribution in [1.82, 2.24) is 5.32 Å². The molecule has 3 heteroatoms. The molecule has 0 heterocycles. The maximum absolute atomic E-state index is 11.5. The minimum Gasteiger partial charge on any atom is -0.391 e. The molecule has 0 aliphatic heterocycles. The highest BCUT2D eigenvalue weighted by Gasteiger charge is 2.16. The largest absolute Gasteiger partial charge is 0.391 e. The number of aliphatic hydroxyl groups excluding tert-OH is 1. The van der Waals surface area contributed by atoms with E-state index >= 15 is 0 Å². The molecule has 0 bridgehead atoms. The van der Waals surface area contributed by atoms with Gasteiger partial charge in [0, 0.05) is 13.0 Å². The third kappa shape index (κ3) is 5.50. The molecule has 16 heavy (non-hydrogen) atoms. The summed E-state index contributed by atoms with van der Waals surface area (Å²) >= 11 is 0. The van der Waals surface area contributed by atoms with Crippen molar-refractivity contribution in [2.45, 2.75) is 64.4 Å². The van der Waals surface area contributed by atoms with E-state index in [2.05, 4.69) is 5.32 Å². The lowest BCUT2D eigenvalue weighted by molar-refractivity contribution is -0.121. The summed E-state index contributed by atoms with van der Waals surface area (Å²) in [7, 11) is 0. The minimum absolute atomic E-state index is 0.0991. The van der Waals surface area contributed by atoms with Crippen LogP contribution in [0, 0.1) is 5.92 Å². The van der Waals surface area contributed by atoms with E-state index in [-0.39, 0.29) is 12.0 Å². The van der Waals surface area contributed by atoms with Gasteiger partial charge in [0.15, 0.2) is 0 Å². The Bertz CT molecular complexity index is 200. The Kier molecular flexibility index (Phi) is 6.46. The third-order valence-electron chi connectivity index (χ3n) is 3.41. The molecular formula is C13H25NO2. The van der Waals surface area contributed by atoms with Crippen molar-refractivity contribution >= 4 is 5.91 Å². The Balaban J connectivity index is 2.01. The molecule has 1 aliphatic rings. The fourth-order valence-electron chi connectivity index (χ4n) is 2.39. The molecule has 0 spiro atoms. The monoisotopic (exact) mass is 227 g/mol. The van der Waals surface area contributed by atoms with Gasteiger partial charge < -0.3 is 10.4 Å². The molecule has 1 aliphatic carbocycles. The fourth-order valence-corrected chi connectivity index (χ4v) is 2.39. The van der Waals surface area contributed by atoms with E-state index in [0.717, 1.165) is 25.2 Å². The van der Waals surface area contributed by atoms with E-state index in [1.54, 1.807) is 0 Å². The van der Waals surface area contributed by atoms with Gasteiger partial charge >= 0.3 is 0 Å². The van der Waals surface area contributed by atoms with Crippen LogP contribution in [0.1, 0.15) is 58.3 Å². The molecule has 0 radical (unpaired) electrons. The maximum atomic E-state index is 11.5. The zero-order valence-corrected chi connectivity index (χ0v) is 10.4. The summed E-state index contributed by atoms with van der Waals surface area (Å²) in [6.07, 6.45) is 8.27. The number of hydrogen-bond donors (Lipinski definition) is 2. The van der Waals surface area contributed by atoms with Crippen molar-refractivity contribution in [1.29, 1.82) is 0 Å². The summed E-state index contributed by atoms with van der Waals surface area (Å²) in [5.41, 5.74) is 0. The highest BCUT2D eigenvalue weighted by molar-refractivity contribution is 5.75. The van der Waals surface area contributed by atoms with Crippen molar-refractivity contribution < 1.29 is 9.90 Å². The lowest BCUT2D eigenvalue weighted by Crippen LogP contribution is -2.32. The summed E-state index contributed by atoms with van der Waals surface area (Å²) in [4.78, 5) is 11.5. The second-order valence-corrected chi connectivity index (χ2v) is 4.94. The smallest absolute Gasteiger partial charge is 0.220 e. The van der Waals surface area contributed by atoms with Crippen LogP contribution < -0.4 is 5.32 Å². The molecule has 1 atom stereocenters. The summed E-state index contributed by atoms with van der Waals surface area (Å²) < 4.78 is 0. The normalized spacial score (nSPS) is 18.6. The van der Waals surface area contributed by atoms with Crippen LogP contribution in [0.25, 0.3) is 0 Å². The van der Waals surface area contributed by atoms with Gasteiger partial charge in [-0.2, -0.15) is 0 Å². The van der Waals surface area contributed by atoms with Crippen LogP contribution in [0.15, 0.2) is 0 Å². The number of carbonyl (C=O) groups excluding carboxylic acids is 1. The Morgan fingerprint density at radius 3 is 2.75 bits per heavy atom. The predicted octanol–water partition coefficient (Wildman–Crippen LogP) is 2.23. The zero-order valence-electron chi connectivity index (χ0n) is 10.4. The molecule has 1 rings (SSSR count). The van der Waals surface area contributed by atoms with E-state index in [4.69, 9.17) is 0 Å². The quantitative estimate of drug-likeness (QED) is 0.700. The van der Waals surface area contributed by atoms with Crippen LogP contribution in [-0.4, -0.2) is 23.7 Å². The average Bonchev–Trinajstić information content (AvgIpc) is 2.77. The van der Waals surface area contributed by atoms with Crippen LogP contribution >= 0.6 is 0 Å². The van der Waals surface area contributed by atoms with Crippen LogP contribution in [0.4, 0.5) is 0 Å². The molecule has 1 amide bonds. The molecule has 1 fully saturated rings. The number of hydrogen-bond acceptors (Lipinski definition) is 2. The Morgan fingerprint density at radius 2 is 2.12 bits per heavy atom. The van der Waals surface area contributed by atoms with Gasteiger partial charge in [0.1, 0.15) is 0 Å². The van der Waals surface area contributed by atoms with Crippen LogP contribution in [-0.2, 0) is 4.79 Å². The maximum Gasteiger partial charge on any atom is 0.220 e. The number of rotatable bonds is 7. The molecule has 2 N–H and O–H groups in total. The first-order chi connectivity index (χ1) is 7.72.